The predicted octanol–water partition coefficient (Wildman–Crippen LogP) is 2.53. The van der Waals surface area contributed by atoms with Gasteiger partial charge >= 0.3 is 5.97 Å². The Kier molecular flexibility index (Phi) is 10.5. The number of ether oxygens (including phenoxy) is 3. The molecule has 1 aromatic rings. The van der Waals surface area contributed by atoms with E-state index in [-0.39, 0.29) is 24.0 Å². The normalized spacial score (nSPS) is 16.4. The fraction of sp³-hybridized carbons (Fsp3) is 0.579. The van der Waals surface area contributed by atoms with E-state index in [9.17, 15) is 4.79 Å². The van der Waals surface area contributed by atoms with Gasteiger partial charge in [0.15, 0.2) is 5.96 Å². The summed E-state index contributed by atoms with van der Waals surface area (Å²) in [5.74, 6) is 1.46. The van der Waals surface area contributed by atoms with Crippen molar-refractivity contribution in [2.75, 3.05) is 47.6 Å². The van der Waals surface area contributed by atoms with Crippen molar-refractivity contribution in [3.63, 3.8) is 0 Å². The molecule has 2 rings (SSSR count). The summed E-state index contributed by atoms with van der Waals surface area (Å²) in [5, 5.41) is 3.32. The highest BCUT2D eigenvalue weighted by molar-refractivity contribution is 14.0. The molecule has 152 valence electrons. The van der Waals surface area contributed by atoms with E-state index in [1.165, 1.54) is 14.2 Å². The molecule has 1 aliphatic rings. The molecule has 27 heavy (non-hydrogen) atoms. The number of carbonyl (C=O) groups is 1. The molecule has 0 spiro atoms. The van der Waals surface area contributed by atoms with E-state index in [1.807, 2.05) is 20.0 Å². The van der Waals surface area contributed by atoms with Gasteiger partial charge < -0.3 is 24.4 Å². The van der Waals surface area contributed by atoms with Crippen molar-refractivity contribution in [3.05, 3.63) is 29.3 Å². The smallest absolute Gasteiger partial charge is 0.341 e. The van der Waals surface area contributed by atoms with Crippen molar-refractivity contribution in [3.8, 4) is 5.75 Å². The summed E-state index contributed by atoms with van der Waals surface area (Å²) in [5.41, 5.74) is 1.32. The van der Waals surface area contributed by atoms with Gasteiger partial charge in [0.05, 0.1) is 27.4 Å². The lowest BCUT2D eigenvalue weighted by molar-refractivity contribution is 0.0597. The van der Waals surface area contributed by atoms with Crippen LogP contribution in [0.4, 0.5) is 0 Å². The first-order valence-corrected chi connectivity index (χ1v) is 8.91. The molecule has 1 atom stereocenters. The number of nitrogens with zero attached hydrogens (tertiary/aromatic N) is 2. The fourth-order valence-electron chi connectivity index (χ4n) is 2.96. The molecule has 0 radical (unpaired) electrons. The van der Waals surface area contributed by atoms with E-state index in [0.717, 1.165) is 44.2 Å². The number of hydrogen-bond acceptors (Lipinski definition) is 5. The Bertz CT molecular complexity index is 633. The monoisotopic (exact) mass is 491 g/mol. The highest BCUT2D eigenvalue weighted by Crippen LogP contribution is 2.21. The van der Waals surface area contributed by atoms with Crippen LogP contribution in [-0.2, 0) is 16.0 Å². The van der Waals surface area contributed by atoms with Crippen molar-refractivity contribution >= 4 is 35.9 Å². The summed E-state index contributed by atoms with van der Waals surface area (Å²) < 4.78 is 15.5. The van der Waals surface area contributed by atoms with Crippen molar-refractivity contribution in [1.29, 1.82) is 0 Å². The Balaban J connectivity index is 0.00000364. The van der Waals surface area contributed by atoms with E-state index in [2.05, 4.69) is 10.2 Å². The second-order valence-electron chi connectivity index (χ2n) is 6.31. The van der Waals surface area contributed by atoms with Gasteiger partial charge in [-0.05, 0) is 31.0 Å². The molecular weight excluding hydrogens is 461 g/mol. The van der Waals surface area contributed by atoms with Crippen LogP contribution in [0.25, 0.3) is 0 Å². The number of halogens is 1. The molecule has 0 aromatic heterocycles. The van der Waals surface area contributed by atoms with Gasteiger partial charge in [0, 0.05) is 32.7 Å². The van der Waals surface area contributed by atoms with Gasteiger partial charge in [0.25, 0.3) is 0 Å². The topological polar surface area (TPSA) is 72.4 Å². The first kappa shape index (κ1) is 23.5. The van der Waals surface area contributed by atoms with Gasteiger partial charge in [0.1, 0.15) is 11.3 Å². The van der Waals surface area contributed by atoms with Crippen molar-refractivity contribution < 1.29 is 19.0 Å². The molecule has 1 unspecified atom stereocenters. The molecule has 1 saturated heterocycles. The molecule has 1 heterocycles. The second kappa shape index (κ2) is 12.0. The zero-order valence-electron chi connectivity index (χ0n) is 16.5. The maximum atomic E-state index is 11.9. The molecule has 1 fully saturated rings. The highest BCUT2D eigenvalue weighted by Gasteiger charge is 2.19. The number of benzene rings is 1. The third-order valence-electron chi connectivity index (χ3n) is 4.33. The Morgan fingerprint density at radius 1 is 1.41 bits per heavy atom. The van der Waals surface area contributed by atoms with E-state index < -0.39 is 5.97 Å². The van der Waals surface area contributed by atoms with Crippen LogP contribution in [0, 0.1) is 5.92 Å². The number of nitrogens with one attached hydrogen (secondary N) is 1. The van der Waals surface area contributed by atoms with Crippen molar-refractivity contribution in [2.24, 2.45) is 10.9 Å². The molecular formula is C19H30IN3O4. The lowest BCUT2D eigenvalue weighted by Gasteiger charge is -2.24. The molecule has 1 aromatic carbocycles. The summed E-state index contributed by atoms with van der Waals surface area (Å²) in [6, 6.07) is 5.44. The third-order valence-corrected chi connectivity index (χ3v) is 4.33. The first-order chi connectivity index (χ1) is 12.6. The highest BCUT2D eigenvalue weighted by atomic mass is 127. The van der Waals surface area contributed by atoms with Crippen LogP contribution in [-0.4, -0.2) is 64.4 Å². The number of rotatable bonds is 7. The molecule has 8 heteroatoms. The van der Waals surface area contributed by atoms with Crippen molar-refractivity contribution in [2.45, 2.75) is 19.9 Å². The standard InChI is InChI=1S/C19H29N3O4.HI/c1-5-20-19(22(2)12-15-8-9-26-13-15)21-11-14-6-7-17(24-3)16(10-14)18(23)25-4;/h6-7,10,15H,5,8-9,11-13H2,1-4H3,(H,20,21);1H. The average Bonchev–Trinajstić information content (AvgIpc) is 3.17. The number of carbonyl (C=O) groups excluding carboxylic acids is 1. The summed E-state index contributed by atoms with van der Waals surface area (Å²) in [7, 11) is 4.93. The summed E-state index contributed by atoms with van der Waals surface area (Å²) >= 11 is 0. The second-order valence-corrected chi connectivity index (χ2v) is 6.31. The third kappa shape index (κ3) is 6.84. The van der Waals surface area contributed by atoms with Crippen LogP contribution < -0.4 is 10.1 Å². The number of guanidine groups is 1. The largest absolute Gasteiger partial charge is 0.496 e. The maximum Gasteiger partial charge on any atom is 0.341 e. The van der Waals surface area contributed by atoms with Gasteiger partial charge in [-0.25, -0.2) is 9.79 Å². The van der Waals surface area contributed by atoms with Crippen LogP contribution in [0.15, 0.2) is 23.2 Å². The lowest BCUT2D eigenvalue weighted by atomic mass is 10.1. The summed E-state index contributed by atoms with van der Waals surface area (Å²) in [4.78, 5) is 18.8. The van der Waals surface area contributed by atoms with Crippen molar-refractivity contribution in [1.82, 2.24) is 10.2 Å². The van der Waals surface area contributed by atoms with Gasteiger partial charge in [-0.15, -0.1) is 24.0 Å². The fourth-order valence-corrected chi connectivity index (χ4v) is 2.96. The Labute approximate surface area is 178 Å². The van der Waals surface area contributed by atoms with Gasteiger partial charge in [-0.2, -0.15) is 0 Å². The molecule has 0 amide bonds. The van der Waals surface area contributed by atoms with Crippen LogP contribution in [0.2, 0.25) is 0 Å². The van der Waals surface area contributed by atoms with E-state index in [4.69, 9.17) is 19.2 Å². The molecule has 1 aliphatic heterocycles. The molecule has 1 N–H and O–H groups in total. The lowest BCUT2D eigenvalue weighted by Crippen LogP contribution is -2.41. The Morgan fingerprint density at radius 3 is 2.78 bits per heavy atom. The minimum absolute atomic E-state index is 0. The zero-order chi connectivity index (χ0) is 18.9. The average molecular weight is 491 g/mol. The summed E-state index contributed by atoms with van der Waals surface area (Å²) in [6.07, 6.45) is 1.09. The minimum Gasteiger partial charge on any atom is -0.496 e. The molecule has 0 bridgehead atoms. The van der Waals surface area contributed by atoms with E-state index in [0.29, 0.717) is 23.8 Å². The van der Waals surface area contributed by atoms with Gasteiger partial charge in [-0.3, -0.25) is 0 Å². The maximum absolute atomic E-state index is 11.9. The first-order valence-electron chi connectivity index (χ1n) is 8.91. The van der Waals surface area contributed by atoms with Crippen LogP contribution >= 0.6 is 24.0 Å². The van der Waals surface area contributed by atoms with Crippen LogP contribution in [0.3, 0.4) is 0 Å². The van der Waals surface area contributed by atoms with Crippen LogP contribution in [0.1, 0.15) is 29.3 Å². The predicted molar refractivity (Wildman–Crippen MR) is 116 cm³/mol. The molecule has 0 aliphatic carbocycles. The minimum atomic E-state index is -0.419. The van der Waals surface area contributed by atoms with E-state index in [1.54, 1.807) is 12.1 Å². The van der Waals surface area contributed by atoms with Crippen LogP contribution in [0.5, 0.6) is 5.75 Å². The Morgan fingerprint density at radius 2 is 2.19 bits per heavy atom. The number of hydrogen-bond donors (Lipinski definition) is 1. The van der Waals surface area contributed by atoms with E-state index >= 15 is 0 Å². The zero-order valence-corrected chi connectivity index (χ0v) is 18.8. The quantitative estimate of drug-likeness (QED) is 0.274. The molecule has 7 nitrogen and oxygen atoms in total. The number of aliphatic imine (C=N–C) groups is 1. The number of methoxy groups -OCH3 is 2. The Hall–Kier alpha value is -1.55. The van der Waals surface area contributed by atoms with Gasteiger partial charge in [0.2, 0.25) is 0 Å². The SMILES string of the molecule is CCNC(=NCc1ccc(OC)c(C(=O)OC)c1)N(C)CC1CCOC1.I. The van der Waals surface area contributed by atoms with Gasteiger partial charge in [-0.1, -0.05) is 6.07 Å². The molecule has 0 saturated carbocycles. The number of esters is 1. The summed E-state index contributed by atoms with van der Waals surface area (Å²) in [6.45, 7) is 5.86.